The maximum Gasteiger partial charge on any atom is 0.191 e. The monoisotopic (exact) mass is 270 g/mol. The molecule has 1 heterocycles. The van der Waals surface area contributed by atoms with Crippen molar-refractivity contribution in [3.8, 4) is 0 Å². The molecule has 1 saturated heterocycles. The smallest absolute Gasteiger partial charge is 0.191 e. The van der Waals surface area contributed by atoms with Gasteiger partial charge in [-0.05, 0) is 45.7 Å². The number of aliphatic imine (C=N–C) groups is 1. The Morgan fingerprint density at radius 1 is 1.42 bits per heavy atom. The van der Waals surface area contributed by atoms with Crippen molar-refractivity contribution >= 4 is 5.96 Å². The molecule has 0 amide bonds. The number of nitrogens with zero attached hydrogens (tertiary/aromatic N) is 2. The molecule has 1 rings (SSSR count). The Balaban J connectivity index is 2.30. The third-order valence-corrected chi connectivity index (χ3v) is 3.39. The highest BCUT2D eigenvalue weighted by Crippen LogP contribution is 2.14. The summed E-state index contributed by atoms with van der Waals surface area (Å²) in [5, 5.41) is 6.65. The van der Waals surface area contributed by atoms with Crippen LogP contribution in [0.1, 0.15) is 26.2 Å². The van der Waals surface area contributed by atoms with Crippen LogP contribution < -0.4 is 10.6 Å². The SMILES string of the molecule is CCNC(=NCC1CCCN(C)C1)NCCCOC. The van der Waals surface area contributed by atoms with Crippen LogP contribution in [0, 0.1) is 5.92 Å². The molecule has 0 radical (unpaired) electrons. The van der Waals surface area contributed by atoms with Crippen molar-refractivity contribution in [2.75, 3.05) is 53.5 Å². The average Bonchev–Trinajstić information content (AvgIpc) is 2.41. The fourth-order valence-corrected chi connectivity index (χ4v) is 2.41. The topological polar surface area (TPSA) is 48.9 Å². The Morgan fingerprint density at radius 3 is 2.95 bits per heavy atom. The lowest BCUT2D eigenvalue weighted by atomic mass is 9.99. The van der Waals surface area contributed by atoms with Gasteiger partial charge in [-0.2, -0.15) is 0 Å². The van der Waals surface area contributed by atoms with Gasteiger partial charge in [0.2, 0.25) is 0 Å². The zero-order chi connectivity index (χ0) is 13.9. The normalized spacial score (nSPS) is 21.4. The van der Waals surface area contributed by atoms with Gasteiger partial charge in [0.05, 0.1) is 0 Å². The van der Waals surface area contributed by atoms with E-state index in [-0.39, 0.29) is 0 Å². The molecule has 0 bridgehead atoms. The van der Waals surface area contributed by atoms with Gasteiger partial charge in [-0.1, -0.05) is 0 Å². The van der Waals surface area contributed by atoms with Gasteiger partial charge in [0.25, 0.3) is 0 Å². The number of methoxy groups -OCH3 is 1. The van der Waals surface area contributed by atoms with Crippen LogP contribution in [0.25, 0.3) is 0 Å². The third kappa shape index (κ3) is 7.38. The summed E-state index contributed by atoms with van der Waals surface area (Å²) in [5.41, 5.74) is 0. The van der Waals surface area contributed by atoms with Gasteiger partial charge >= 0.3 is 0 Å². The second kappa shape index (κ2) is 10.0. The molecule has 19 heavy (non-hydrogen) atoms. The number of rotatable bonds is 7. The van der Waals surface area contributed by atoms with E-state index in [1.165, 1.54) is 25.9 Å². The Morgan fingerprint density at radius 2 is 2.26 bits per heavy atom. The first kappa shape index (κ1) is 16.2. The number of hydrogen-bond acceptors (Lipinski definition) is 3. The van der Waals surface area contributed by atoms with Crippen LogP contribution >= 0.6 is 0 Å². The summed E-state index contributed by atoms with van der Waals surface area (Å²) < 4.78 is 5.04. The fraction of sp³-hybridized carbons (Fsp3) is 0.929. The minimum absolute atomic E-state index is 0.702. The molecule has 0 aromatic rings. The van der Waals surface area contributed by atoms with E-state index in [4.69, 9.17) is 9.73 Å². The maximum absolute atomic E-state index is 5.04. The highest BCUT2D eigenvalue weighted by molar-refractivity contribution is 5.79. The van der Waals surface area contributed by atoms with Crippen molar-refractivity contribution in [1.29, 1.82) is 0 Å². The summed E-state index contributed by atoms with van der Waals surface area (Å²) >= 11 is 0. The first-order valence-electron chi connectivity index (χ1n) is 7.46. The van der Waals surface area contributed by atoms with Crippen LogP contribution in [-0.4, -0.2) is 64.3 Å². The quantitative estimate of drug-likeness (QED) is 0.410. The zero-order valence-corrected chi connectivity index (χ0v) is 12.7. The number of nitrogens with one attached hydrogen (secondary N) is 2. The number of likely N-dealkylation sites (tertiary alicyclic amines) is 1. The molecule has 1 fully saturated rings. The maximum atomic E-state index is 5.04. The summed E-state index contributed by atoms with van der Waals surface area (Å²) in [5.74, 6) is 1.64. The summed E-state index contributed by atoms with van der Waals surface area (Å²) in [6, 6.07) is 0. The van der Waals surface area contributed by atoms with Gasteiger partial charge in [0.15, 0.2) is 5.96 Å². The van der Waals surface area contributed by atoms with Gasteiger partial charge in [-0.3, -0.25) is 4.99 Å². The number of piperidine rings is 1. The summed E-state index contributed by atoms with van der Waals surface area (Å²) in [4.78, 5) is 7.10. The van der Waals surface area contributed by atoms with Gasteiger partial charge in [-0.25, -0.2) is 0 Å². The molecular weight excluding hydrogens is 240 g/mol. The molecule has 1 aliphatic heterocycles. The lowest BCUT2D eigenvalue weighted by molar-refractivity contribution is 0.195. The van der Waals surface area contributed by atoms with Crippen LogP contribution in [-0.2, 0) is 4.74 Å². The van der Waals surface area contributed by atoms with Crippen LogP contribution in [0.5, 0.6) is 0 Å². The zero-order valence-electron chi connectivity index (χ0n) is 12.7. The van der Waals surface area contributed by atoms with E-state index in [1.54, 1.807) is 7.11 Å². The Bertz CT molecular complexity index is 258. The first-order chi connectivity index (χ1) is 9.26. The molecule has 5 heteroatoms. The Kier molecular flexibility index (Phi) is 8.58. The second-order valence-electron chi connectivity index (χ2n) is 5.26. The van der Waals surface area contributed by atoms with Crippen molar-refractivity contribution in [2.24, 2.45) is 10.9 Å². The molecule has 5 nitrogen and oxygen atoms in total. The van der Waals surface area contributed by atoms with Crippen LogP contribution in [0.3, 0.4) is 0 Å². The van der Waals surface area contributed by atoms with Crippen molar-refractivity contribution in [2.45, 2.75) is 26.2 Å². The summed E-state index contributed by atoms with van der Waals surface area (Å²) in [6.45, 7) is 8.03. The van der Waals surface area contributed by atoms with Gasteiger partial charge in [0, 0.05) is 39.9 Å². The lowest BCUT2D eigenvalue weighted by Crippen LogP contribution is -2.39. The van der Waals surface area contributed by atoms with Crippen LogP contribution in [0.2, 0.25) is 0 Å². The third-order valence-electron chi connectivity index (χ3n) is 3.39. The van der Waals surface area contributed by atoms with Crippen LogP contribution in [0.15, 0.2) is 4.99 Å². The van der Waals surface area contributed by atoms with E-state index in [9.17, 15) is 0 Å². The number of hydrogen-bond donors (Lipinski definition) is 2. The molecule has 1 aliphatic rings. The first-order valence-corrected chi connectivity index (χ1v) is 7.46. The van der Waals surface area contributed by atoms with Gasteiger partial charge < -0.3 is 20.3 Å². The largest absolute Gasteiger partial charge is 0.385 e. The number of guanidine groups is 1. The Hall–Kier alpha value is -0.810. The van der Waals surface area contributed by atoms with Crippen molar-refractivity contribution in [3.63, 3.8) is 0 Å². The van der Waals surface area contributed by atoms with Crippen LogP contribution in [0.4, 0.5) is 0 Å². The van der Waals surface area contributed by atoms with E-state index in [0.29, 0.717) is 5.92 Å². The molecule has 0 aromatic heterocycles. The molecule has 0 spiro atoms. The standard InChI is InChI=1S/C14H30N4O/c1-4-15-14(16-8-6-10-19-3)17-11-13-7-5-9-18(2)12-13/h13H,4-12H2,1-3H3,(H2,15,16,17). The van der Waals surface area contributed by atoms with E-state index >= 15 is 0 Å². The Labute approximate surface area is 117 Å². The average molecular weight is 270 g/mol. The highest BCUT2D eigenvalue weighted by Gasteiger charge is 2.16. The minimum Gasteiger partial charge on any atom is -0.385 e. The minimum atomic E-state index is 0.702. The molecule has 1 unspecified atom stereocenters. The second-order valence-corrected chi connectivity index (χ2v) is 5.26. The van der Waals surface area contributed by atoms with E-state index in [0.717, 1.165) is 38.6 Å². The van der Waals surface area contributed by atoms with E-state index in [1.807, 2.05) is 0 Å². The molecule has 0 aliphatic carbocycles. The molecule has 0 saturated carbocycles. The lowest BCUT2D eigenvalue weighted by Gasteiger charge is -2.28. The van der Waals surface area contributed by atoms with Crippen molar-refractivity contribution in [1.82, 2.24) is 15.5 Å². The van der Waals surface area contributed by atoms with E-state index in [2.05, 4.69) is 29.5 Å². The highest BCUT2D eigenvalue weighted by atomic mass is 16.5. The molecular formula is C14H30N4O. The van der Waals surface area contributed by atoms with Gasteiger partial charge in [-0.15, -0.1) is 0 Å². The molecule has 1 atom stereocenters. The number of ether oxygens (including phenoxy) is 1. The fourth-order valence-electron chi connectivity index (χ4n) is 2.41. The predicted octanol–water partition coefficient (Wildman–Crippen LogP) is 0.920. The van der Waals surface area contributed by atoms with Crippen molar-refractivity contribution in [3.05, 3.63) is 0 Å². The molecule has 0 aromatic carbocycles. The van der Waals surface area contributed by atoms with E-state index < -0.39 is 0 Å². The molecule has 112 valence electrons. The molecule has 2 N–H and O–H groups in total. The summed E-state index contributed by atoms with van der Waals surface area (Å²) in [6.07, 6.45) is 3.61. The summed E-state index contributed by atoms with van der Waals surface area (Å²) in [7, 11) is 3.93. The van der Waals surface area contributed by atoms with Gasteiger partial charge in [0.1, 0.15) is 0 Å². The predicted molar refractivity (Wildman–Crippen MR) is 80.7 cm³/mol. The van der Waals surface area contributed by atoms with Crippen molar-refractivity contribution < 1.29 is 4.74 Å².